The number of nitrogens with zero attached hydrogens (tertiary/aromatic N) is 1. The lowest BCUT2D eigenvalue weighted by Gasteiger charge is -2.19. The van der Waals surface area contributed by atoms with Crippen LogP contribution in [0.4, 0.5) is 11.4 Å². The van der Waals surface area contributed by atoms with Crippen LogP contribution < -0.4 is 15.0 Å². The molecule has 0 aromatic heterocycles. The van der Waals surface area contributed by atoms with Gasteiger partial charge < -0.3 is 15.0 Å². The highest BCUT2D eigenvalue weighted by molar-refractivity contribution is 7.80. The van der Waals surface area contributed by atoms with Crippen molar-refractivity contribution in [3.8, 4) is 5.75 Å². The number of benzene rings is 1. The summed E-state index contributed by atoms with van der Waals surface area (Å²) >= 11 is 4.25. The summed E-state index contributed by atoms with van der Waals surface area (Å²) in [6.07, 6.45) is 0.527. The van der Waals surface area contributed by atoms with Crippen LogP contribution in [-0.2, 0) is 9.59 Å². The van der Waals surface area contributed by atoms with Crippen LogP contribution >= 0.6 is 12.6 Å². The highest BCUT2D eigenvalue weighted by Crippen LogP contribution is 2.33. The fourth-order valence-corrected chi connectivity index (χ4v) is 2.54. The lowest BCUT2D eigenvalue weighted by atomic mass is 10.1. The molecule has 1 aromatic rings. The van der Waals surface area contributed by atoms with Crippen molar-refractivity contribution in [1.29, 1.82) is 0 Å². The van der Waals surface area contributed by atoms with Gasteiger partial charge in [0, 0.05) is 31.6 Å². The molecule has 1 aromatic carbocycles. The highest BCUT2D eigenvalue weighted by Gasteiger charge is 2.30. The van der Waals surface area contributed by atoms with E-state index in [4.69, 9.17) is 4.74 Å². The number of thiol groups is 1. The van der Waals surface area contributed by atoms with Gasteiger partial charge >= 0.3 is 0 Å². The third-order valence-corrected chi connectivity index (χ3v) is 3.79. The minimum absolute atomic E-state index is 0.0957. The Morgan fingerprint density at radius 2 is 2.30 bits per heavy atom. The van der Waals surface area contributed by atoms with Gasteiger partial charge in [0.05, 0.1) is 12.8 Å². The Hall–Kier alpha value is -1.69. The Labute approximate surface area is 123 Å². The van der Waals surface area contributed by atoms with Crippen LogP contribution in [0.15, 0.2) is 18.2 Å². The van der Waals surface area contributed by atoms with Gasteiger partial charge in [0.25, 0.3) is 0 Å². The van der Waals surface area contributed by atoms with E-state index in [0.717, 1.165) is 5.69 Å². The second-order valence-corrected chi connectivity index (χ2v) is 5.19. The van der Waals surface area contributed by atoms with Crippen molar-refractivity contribution < 1.29 is 14.3 Å². The smallest absolute Gasteiger partial charge is 0.227 e. The van der Waals surface area contributed by atoms with Gasteiger partial charge in [0.1, 0.15) is 5.75 Å². The maximum absolute atomic E-state index is 12.0. The number of anilines is 2. The number of carbonyl (C=O) groups excluding carboxylic acids is 2. The molecule has 6 heteroatoms. The first-order chi connectivity index (χ1) is 9.55. The first-order valence-electron chi connectivity index (χ1n) is 6.42. The summed E-state index contributed by atoms with van der Waals surface area (Å²) in [6, 6.07) is 5.33. The minimum Gasteiger partial charge on any atom is -0.494 e. The molecule has 1 aliphatic heterocycles. The topological polar surface area (TPSA) is 58.6 Å². The predicted molar refractivity (Wildman–Crippen MR) is 81.6 cm³/mol. The normalized spacial score (nSPS) is 18.2. The molecule has 0 aliphatic carbocycles. The van der Waals surface area contributed by atoms with E-state index in [9.17, 15) is 9.59 Å². The molecule has 0 spiro atoms. The van der Waals surface area contributed by atoms with Gasteiger partial charge in [-0.05, 0) is 23.8 Å². The van der Waals surface area contributed by atoms with Crippen LogP contribution in [0.25, 0.3) is 0 Å². The average molecular weight is 294 g/mol. The van der Waals surface area contributed by atoms with Crippen molar-refractivity contribution in [2.75, 3.05) is 29.6 Å². The summed E-state index contributed by atoms with van der Waals surface area (Å²) in [5.41, 5.74) is 1.38. The lowest BCUT2D eigenvalue weighted by molar-refractivity contribution is -0.117. The monoisotopic (exact) mass is 294 g/mol. The Kier molecular flexibility index (Phi) is 4.54. The molecule has 1 aliphatic rings. The van der Waals surface area contributed by atoms with E-state index in [1.54, 1.807) is 17.0 Å². The molecule has 1 saturated heterocycles. The van der Waals surface area contributed by atoms with Crippen LogP contribution in [0, 0.1) is 5.92 Å². The van der Waals surface area contributed by atoms with Crippen LogP contribution in [0.1, 0.15) is 13.3 Å². The quantitative estimate of drug-likeness (QED) is 0.834. The standard InChI is InChI=1S/C14H18N2O3S/c1-9(17)15-12-4-3-11(6-13(12)19-2)16-7-10(8-20)5-14(16)18/h3-4,6,10,20H,5,7-8H2,1-2H3,(H,15,17). The zero-order chi connectivity index (χ0) is 14.7. The summed E-state index contributed by atoms with van der Waals surface area (Å²) in [7, 11) is 1.53. The maximum Gasteiger partial charge on any atom is 0.227 e. The Balaban J connectivity index is 2.25. The largest absolute Gasteiger partial charge is 0.494 e. The van der Waals surface area contributed by atoms with Gasteiger partial charge in [0.2, 0.25) is 11.8 Å². The van der Waals surface area contributed by atoms with E-state index < -0.39 is 0 Å². The molecule has 1 heterocycles. The summed E-state index contributed by atoms with van der Waals surface area (Å²) < 4.78 is 5.27. The molecule has 0 bridgehead atoms. The maximum atomic E-state index is 12.0. The number of rotatable bonds is 4. The highest BCUT2D eigenvalue weighted by atomic mass is 32.1. The molecule has 0 radical (unpaired) electrons. The van der Waals surface area contributed by atoms with Crippen LogP contribution in [0.2, 0.25) is 0 Å². The van der Waals surface area contributed by atoms with Crippen molar-refractivity contribution in [2.24, 2.45) is 5.92 Å². The molecule has 0 saturated carbocycles. The van der Waals surface area contributed by atoms with Gasteiger partial charge in [-0.2, -0.15) is 12.6 Å². The van der Waals surface area contributed by atoms with E-state index >= 15 is 0 Å². The number of hydrogen-bond donors (Lipinski definition) is 2. The number of hydrogen-bond acceptors (Lipinski definition) is 4. The van der Waals surface area contributed by atoms with Crippen LogP contribution in [0.3, 0.4) is 0 Å². The number of methoxy groups -OCH3 is 1. The fourth-order valence-electron chi connectivity index (χ4n) is 2.29. The van der Waals surface area contributed by atoms with E-state index in [0.29, 0.717) is 30.2 Å². The second-order valence-electron chi connectivity index (χ2n) is 4.82. The Morgan fingerprint density at radius 3 is 2.85 bits per heavy atom. The molecule has 108 valence electrons. The van der Waals surface area contributed by atoms with Crippen molar-refractivity contribution in [3.05, 3.63) is 18.2 Å². The Morgan fingerprint density at radius 1 is 1.55 bits per heavy atom. The third kappa shape index (κ3) is 3.07. The minimum atomic E-state index is -0.163. The fraction of sp³-hybridized carbons (Fsp3) is 0.429. The molecule has 2 rings (SSSR count). The van der Waals surface area contributed by atoms with Gasteiger partial charge in [-0.15, -0.1) is 0 Å². The number of nitrogens with one attached hydrogen (secondary N) is 1. The van der Waals surface area contributed by atoms with Crippen LogP contribution in [0.5, 0.6) is 5.75 Å². The number of amides is 2. The van der Waals surface area contributed by atoms with Crippen LogP contribution in [-0.4, -0.2) is 31.2 Å². The molecule has 1 N–H and O–H groups in total. The van der Waals surface area contributed by atoms with E-state index in [2.05, 4.69) is 17.9 Å². The second kappa shape index (κ2) is 6.17. The van der Waals surface area contributed by atoms with Crippen molar-refractivity contribution in [1.82, 2.24) is 0 Å². The summed E-state index contributed by atoms with van der Waals surface area (Å²) in [4.78, 5) is 24.8. The van der Waals surface area contributed by atoms with Gasteiger partial charge in [-0.3, -0.25) is 9.59 Å². The molecule has 1 fully saturated rings. The molecular formula is C14H18N2O3S. The number of carbonyl (C=O) groups is 2. The third-order valence-electron chi connectivity index (χ3n) is 3.27. The first kappa shape index (κ1) is 14.7. The first-order valence-corrected chi connectivity index (χ1v) is 7.05. The van der Waals surface area contributed by atoms with Gasteiger partial charge in [0.15, 0.2) is 0 Å². The lowest BCUT2D eigenvalue weighted by Crippen LogP contribution is -2.24. The van der Waals surface area contributed by atoms with Gasteiger partial charge in [-0.1, -0.05) is 0 Å². The molecule has 1 unspecified atom stereocenters. The summed E-state index contributed by atoms with van der Waals surface area (Å²) in [5, 5.41) is 2.69. The van der Waals surface area contributed by atoms with Crippen molar-refractivity contribution in [3.63, 3.8) is 0 Å². The van der Waals surface area contributed by atoms with E-state index in [1.165, 1.54) is 14.0 Å². The molecule has 5 nitrogen and oxygen atoms in total. The zero-order valence-corrected chi connectivity index (χ0v) is 12.4. The summed E-state index contributed by atoms with van der Waals surface area (Å²) in [5.74, 6) is 1.46. The molecule has 20 heavy (non-hydrogen) atoms. The molecule has 1 atom stereocenters. The molecular weight excluding hydrogens is 276 g/mol. The summed E-state index contributed by atoms with van der Waals surface area (Å²) in [6.45, 7) is 2.11. The predicted octanol–water partition coefficient (Wildman–Crippen LogP) is 1.94. The van der Waals surface area contributed by atoms with Crippen molar-refractivity contribution >= 4 is 35.8 Å². The Bertz CT molecular complexity index is 533. The molecule has 2 amide bonds. The van der Waals surface area contributed by atoms with Gasteiger partial charge in [-0.25, -0.2) is 0 Å². The van der Waals surface area contributed by atoms with Crippen molar-refractivity contribution in [2.45, 2.75) is 13.3 Å². The average Bonchev–Trinajstić information content (AvgIpc) is 2.80. The number of ether oxygens (including phenoxy) is 1. The zero-order valence-electron chi connectivity index (χ0n) is 11.5. The van der Waals surface area contributed by atoms with E-state index in [1.807, 2.05) is 6.07 Å². The van der Waals surface area contributed by atoms with E-state index in [-0.39, 0.29) is 17.7 Å². The SMILES string of the molecule is COc1cc(N2CC(CS)CC2=O)ccc1NC(C)=O.